The summed E-state index contributed by atoms with van der Waals surface area (Å²) in [6, 6.07) is 14.2. The minimum absolute atomic E-state index is 0.144. The molecule has 2 aromatic carbocycles. The second-order valence-electron chi connectivity index (χ2n) is 4.76. The monoisotopic (exact) mass is 279 g/mol. The van der Waals surface area contributed by atoms with E-state index in [1.54, 1.807) is 42.5 Å². The number of nitrogens with zero attached hydrogens (tertiary/aromatic N) is 1. The third-order valence-electron chi connectivity index (χ3n) is 3.13. The lowest BCUT2D eigenvalue weighted by Crippen LogP contribution is -2.18. The highest BCUT2D eigenvalue weighted by molar-refractivity contribution is 6.03. The van der Waals surface area contributed by atoms with Crippen LogP contribution in [0.5, 0.6) is 0 Å². The predicted molar refractivity (Wildman–Crippen MR) is 81.5 cm³/mol. The van der Waals surface area contributed by atoms with Crippen LogP contribution in [0.25, 0.3) is 10.9 Å². The topological polar surface area (TPSA) is 74.8 Å². The van der Waals surface area contributed by atoms with Crippen molar-refractivity contribution in [2.24, 2.45) is 0 Å². The number of aromatic amines is 1. The van der Waals surface area contributed by atoms with E-state index in [9.17, 15) is 9.59 Å². The molecule has 0 atom stereocenters. The Morgan fingerprint density at radius 2 is 1.95 bits per heavy atom. The van der Waals surface area contributed by atoms with Crippen LogP contribution in [0.4, 0.5) is 5.95 Å². The summed E-state index contributed by atoms with van der Waals surface area (Å²) >= 11 is 0. The average molecular weight is 279 g/mol. The fourth-order valence-electron chi connectivity index (χ4n) is 2.11. The van der Waals surface area contributed by atoms with Crippen molar-refractivity contribution < 1.29 is 4.79 Å². The van der Waals surface area contributed by atoms with E-state index in [1.165, 1.54) is 0 Å². The Morgan fingerprint density at radius 1 is 1.14 bits per heavy atom. The molecule has 1 amide bonds. The van der Waals surface area contributed by atoms with E-state index in [4.69, 9.17) is 0 Å². The van der Waals surface area contributed by atoms with Gasteiger partial charge in [0, 0.05) is 5.56 Å². The largest absolute Gasteiger partial charge is 0.292 e. The summed E-state index contributed by atoms with van der Waals surface area (Å²) in [7, 11) is 0. The molecule has 5 nitrogen and oxygen atoms in total. The van der Waals surface area contributed by atoms with Gasteiger partial charge < -0.3 is 0 Å². The fraction of sp³-hybridized carbons (Fsp3) is 0.0625. The van der Waals surface area contributed by atoms with E-state index >= 15 is 0 Å². The number of carbonyl (C=O) groups is 1. The summed E-state index contributed by atoms with van der Waals surface area (Å²) in [6.45, 7) is 1.91. The Kier molecular flexibility index (Phi) is 3.23. The van der Waals surface area contributed by atoms with Crippen molar-refractivity contribution in [1.82, 2.24) is 9.97 Å². The third kappa shape index (κ3) is 2.67. The minimum Gasteiger partial charge on any atom is -0.292 e. The number of fused-ring (bicyclic) bond motifs is 1. The minimum atomic E-state index is -0.308. The van der Waals surface area contributed by atoms with E-state index in [1.807, 2.05) is 13.0 Å². The standard InChI is InChI=1S/C16H13N3O2/c1-10-5-4-6-11(9-10)14(20)18-16-17-13-8-3-2-7-12(13)15(21)19-16/h2-9H,1H3,(H2,17,18,19,20,21). The third-order valence-corrected chi connectivity index (χ3v) is 3.13. The van der Waals surface area contributed by atoms with Crippen molar-refractivity contribution in [3.8, 4) is 0 Å². The summed E-state index contributed by atoms with van der Waals surface area (Å²) < 4.78 is 0. The van der Waals surface area contributed by atoms with Crippen LogP contribution in [0.3, 0.4) is 0 Å². The highest BCUT2D eigenvalue weighted by atomic mass is 16.2. The fourth-order valence-corrected chi connectivity index (χ4v) is 2.11. The maximum Gasteiger partial charge on any atom is 0.260 e. The van der Waals surface area contributed by atoms with E-state index in [-0.39, 0.29) is 17.4 Å². The maximum atomic E-state index is 12.1. The van der Waals surface area contributed by atoms with Crippen molar-refractivity contribution in [3.63, 3.8) is 0 Å². The normalized spacial score (nSPS) is 10.5. The van der Waals surface area contributed by atoms with Crippen LogP contribution in [-0.2, 0) is 0 Å². The van der Waals surface area contributed by atoms with Gasteiger partial charge >= 0.3 is 0 Å². The average Bonchev–Trinajstić information content (AvgIpc) is 2.47. The number of aryl methyl sites for hydroxylation is 1. The molecule has 3 rings (SSSR count). The zero-order valence-electron chi connectivity index (χ0n) is 11.4. The number of amides is 1. The van der Waals surface area contributed by atoms with E-state index < -0.39 is 0 Å². The molecular weight excluding hydrogens is 266 g/mol. The zero-order chi connectivity index (χ0) is 14.8. The molecule has 2 N–H and O–H groups in total. The van der Waals surface area contributed by atoms with Crippen LogP contribution >= 0.6 is 0 Å². The lowest BCUT2D eigenvalue weighted by atomic mass is 10.1. The maximum absolute atomic E-state index is 12.1. The summed E-state index contributed by atoms with van der Waals surface area (Å²) in [4.78, 5) is 30.9. The van der Waals surface area contributed by atoms with Crippen LogP contribution in [-0.4, -0.2) is 15.9 Å². The Labute approximate surface area is 120 Å². The number of para-hydroxylation sites is 1. The van der Waals surface area contributed by atoms with Gasteiger partial charge in [-0.1, -0.05) is 29.8 Å². The van der Waals surface area contributed by atoms with Gasteiger partial charge in [-0.05, 0) is 31.2 Å². The quantitative estimate of drug-likeness (QED) is 0.756. The first-order valence-electron chi connectivity index (χ1n) is 6.50. The number of H-pyrrole nitrogens is 1. The SMILES string of the molecule is Cc1cccc(C(=O)Nc2nc3ccccc3c(=O)[nH]2)c1. The first-order chi connectivity index (χ1) is 10.1. The molecule has 1 aromatic heterocycles. The first kappa shape index (κ1) is 13.1. The molecule has 5 heteroatoms. The van der Waals surface area contributed by atoms with Gasteiger partial charge in [0.1, 0.15) is 0 Å². The van der Waals surface area contributed by atoms with E-state index in [0.29, 0.717) is 16.5 Å². The van der Waals surface area contributed by atoms with Gasteiger partial charge in [-0.25, -0.2) is 4.98 Å². The molecule has 0 saturated carbocycles. The Morgan fingerprint density at radius 3 is 2.76 bits per heavy atom. The number of aromatic nitrogens is 2. The van der Waals surface area contributed by atoms with Crippen LogP contribution < -0.4 is 10.9 Å². The van der Waals surface area contributed by atoms with Crippen molar-refractivity contribution in [2.45, 2.75) is 6.92 Å². The Bertz CT molecular complexity index is 884. The number of carbonyl (C=O) groups excluding carboxylic acids is 1. The summed E-state index contributed by atoms with van der Waals surface area (Å²) in [5.41, 5.74) is 1.77. The number of anilines is 1. The molecule has 0 saturated heterocycles. The van der Waals surface area contributed by atoms with Crippen molar-refractivity contribution in [3.05, 3.63) is 70.0 Å². The molecule has 1 heterocycles. The lowest BCUT2D eigenvalue weighted by Gasteiger charge is -2.06. The zero-order valence-corrected chi connectivity index (χ0v) is 11.4. The second-order valence-corrected chi connectivity index (χ2v) is 4.76. The molecule has 3 aromatic rings. The molecule has 0 aliphatic rings. The van der Waals surface area contributed by atoms with Gasteiger partial charge in [-0.15, -0.1) is 0 Å². The van der Waals surface area contributed by atoms with Crippen LogP contribution in [0.1, 0.15) is 15.9 Å². The van der Waals surface area contributed by atoms with Gasteiger partial charge in [0.05, 0.1) is 10.9 Å². The molecule has 0 aliphatic carbocycles. The molecule has 0 spiro atoms. The van der Waals surface area contributed by atoms with Gasteiger partial charge in [-0.2, -0.15) is 0 Å². The molecular formula is C16H13N3O2. The number of rotatable bonds is 2. The molecule has 0 aliphatic heterocycles. The Balaban J connectivity index is 1.95. The van der Waals surface area contributed by atoms with Gasteiger partial charge in [0.2, 0.25) is 5.95 Å². The molecule has 104 valence electrons. The van der Waals surface area contributed by atoms with Gasteiger partial charge in [0.15, 0.2) is 0 Å². The second kappa shape index (κ2) is 5.20. The van der Waals surface area contributed by atoms with E-state index in [2.05, 4.69) is 15.3 Å². The lowest BCUT2D eigenvalue weighted by molar-refractivity contribution is 0.102. The smallest absolute Gasteiger partial charge is 0.260 e. The van der Waals surface area contributed by atoms with Crippen molar-refractivity contribution in [1.29, 1.82) is 0 Å². The summed E-state index contributed by atoms with van der Waals surface area (Å²) in [5, 5.41) is 3.10. The Hall–Kier alpha value is -2.95. The summed E-state index contributed by atoms with van der Waals surface area (Å²) in [5.74, 6) is -0.165. The number of hydrogen-bond donors (Lipinski definition) is 2. The van der Waals surface area contributed by atoms with Crippen molar-refractivity contribution >= 4 is 22.8 Å². The molecule has 0 radical (unpaired) electrons. The molecule has 0 bridgehead atoms. The number of hydrogen-bond acceptors (Lipinski definition) is 3. The van der Waals surface area contributed by atoms with E-state index in [0.717, 1.165) is 5.56 Å². The van der Waals surface area contributed by atoms with Crippen LogP contribution in [0.15, 0.2) is 53.3 Å². The molecule has 0 unspecified atom stereocenters. The molecule has 0 fully saturated rings. The molecule has 21 heavy (non-hydrogen) atoms. The van der Waals surface area contributed by atoms with Gasteiger partial charge in [0.25, 0.3) is 11.5 Å². The number of nitrogens with one attached hydrogen (secondary N) is 2. The summed E-state index contributed by atoms with van der Waals surface area (Å²) in [6.07, 6.45) is 0. The van der Waals surface area contributed by atoms with Crippen LogP contribution in [0.2, 0.25) is 0 Å². The van der Waals surface area contributed by atoms with Gasteiger partial charge in [-0.3, -0.25) is 19.9 Å². The van der Waals surface area contributed by atoms with Crippen LogP contribution in [0, 0.1) is 6.92 Å². The highest BCUT2D eigenvalue weighted by Gasteiger charge is 2.09. The number of benzene rings is 2. The van der Waals surface area contributed by atoms with Crippen molar-refractivity contribution in [2.75, 3.05) is 5.32 Å². The highest BCUT2D eigenvalue weighted by Crippen LogP contribution is 2.10. The predicted octanol–water partition coefficient (Wildman–Crippen LogP) is 2.48. The first-order valence-corrected chi connectivity index (χ1v) is 6.50.